The van der Waals surface area contributed by atoms with E-state index >= 15 is 0 Å². The van der Waals surface area contributed by atoms with Gasteiger partial charge in [-0.2, -0.15) is 0 Å². The number of allylic oxidation sites excluding steroid dienone is 5. The molecule has 0 aromatic carbocycles. The number of hydrogen-bond donors (Lipinski definition) is 4. The van der Waals surface area contributed by atoms with E-state index in [4.69, 9.17) is 0 Å². The summed E-state index contributed by atoms with van der Waals surface area (Å²) in [6.07, 6.45) is 35.8. The minimum Gasteiger partial charge on any atom is -0.394 e. The second-order valence-electron chi connectivity index (χ2n) is 11.4. The van der Waals surface area contributed by atoms with E-state index in [1.807, 2.05) is 6.08 Å². The normalized spacial score (nSPS) is 14.4. The summed E-state index contributed by atoms with van der Waals surface area (Å²) in [6.45, 7) is 4.11. The van der Waals surface area contributed by atoms with Gasteiger partial charge in [-0.3, -0.25) is 4.79 Å². The SMILES string of the molecule is CCCCCCC/C=C/CC/C=C/CC/C=C/C(O)C(CO)NC(=O)C(O)CCCCCCCCCCCCC. The molecule has 0 aromatic rings. The lowest BCUT2D eigenvalue weighted by Gasteiger charge is -2.21. The molecule has 1 amide bonds. The lowest BCUT2D eigenvalue weighted by atomic mass is 10.0. The maximum absolute atomic E-state index is 12.3. The largest absolute Gasteiger partial charge is 0.394 e. The second kappa shape index (κ2) is 30.5. The van der Waals surface area contributed by atoms with Crippen LogP contribution < -0.4 is 5.32 Å². The summed E-state index contributed by atoms with van der Waals surface area (Å²) in [5.74, 6) is -0.521. The van der Waals surface area contributed by atoms with Crippen LogP contribution >= 0.6 is 0 Å². The molecule has 3 unspecified atom stereocenters. The summed E-state index contributed by atoms with van der Waals surface area (Å²) in [5, 5.41) is 32.8. The highest BCUT2D eigenvalue weighted by atomic mass is 16.3. The van der Waals surface area contributed by atoms with Gasteiger partial charge in [0.1, 0.15) is 6.10 Å². The summed E-state index contributed by atoms with van der Waals surface area (Å²) in [7, 11) is 0. The highest BCUT2D eigenvalue weighted by Gasteiger charge is 2.22. The Kier molecular flexibility index (Phi) is 29.4. The molecular formula is C35H65NO4. The Morgan fingerprint density at radius 3 is 1.52 bits per heavy atom. The first-order chi connectivity index (χ1) is 19.6. The molecule has 0 saturated carbocycles. The summed E-state index contributed by atoms with van der Waals surface area (Å²) >= 11 is 0. The van der Waals surface area contributed by atoms with Crippen LogP contribution in [0.3, 0.4) is 0 Å². The molecule has 0 fully saturated rings. The minimum atomic E-state index is -1.10. The summed E-state index contributed by atoms with van der Waals surface area (Å²) in [4.78, 5) is 12.3. The Morgan fingerprint density at radius 1 is 0.600 bits per heavy atom. The van der Waals surface area contributed by atoms with Crippen molar-refractivity contribution in [2.75, 3.05) is 6.61 Å². The standard InChI is InChI=1S/C35H65NO4/c1-3-5-7-9-11-13-15-16-17-18-20-21-23-25-27-29-33(38)32(31-37)36-35(40)34(39)30-28-26-24-22-19-14-12-10-8-6-4-2/h15-16,20-21,27,29,32-34,37-39H,3-14,17-19,22-26,28,30-31H2,1-2H3,(H,36,40)/b16-15+,21-20+,29-27+. The molecule has 0 rings (SSSR count). The highest BCUT2D eigenvalue weighted by molar-refractivity contribution is 5.80. The fraction of sp³-hybridized carbons (Fsp3) is 0.800. The number of carbonyl (C=O) groups excluding carboxylic acids is 1. The summed E-state index contributed by atoms with van der Waals surface area (Å²) in [6, 6.07) is -0.815. The van der Waals surface area contributed by atoms with E-state index < -0.39 is 24.2 Å². The lowest BCUT2D eigenvalue weighted by Crippen LogP contribution is -2.48. The fourth-order valence-corrected chi connectivity index (χ4v) is 4.74. The van der Waals surface area contributed by atoms with E-state index in [0.717, 1.165) is 44.9 Å². The zero-order valence-corrected chi connectivity index (χ0v) is 26.2. The summed E-state index contributed by atoms with van der Waals surface area (Å²) < 4.78 is 0. The van der Waals surface area contributed by atoms with Crippen LogP contribution in [0.1, 0.15) is 155 Å². The summed E-state index contributed by atoms with van der Waals surface area (Å²) in [5.41, 5.74) is 0. The van der Waals surface area contributed by atoms with Crippen molar-refractivity contribution < 1.29 is 20.1 Å². The number of aliphatic hydroxyl groups excluding tert-OH is 3. The Bertz CT molecular complexity index is 631. The van der Waals surface area contributed by atoms with Crippen molar-refractivity contribution >= 4 is 5.91 Å². The van der Waals surface area contributed by atoms with E-state index in [0.29, 0.717) is 6.42 Å². The van der Waals surface area contributed by atoms with Gasteiger partial charge in [0.05, 0.1) is 18.8 Å². The second-order valence-corrected chi connectivity index (χ2v) is 11.4. The molecule has 5 nitrogen and oxygen atoms in total. The maximum Gasteiger partial charge on any atom is 0.249 e. The van der Waals surface area contributed by atoms with Crippen LogP contribution in [-0.2, 0) is 4.79 Å². The van der Waals surface area contributed by atoms with Gasteiger partial charge in [-0.1, -0.05) is 147 Å². The fourth-order valence-electron chi connectivity index (χ4n) is 4.74. The molecule has 0 aromatic heterocycles. The molecule has 40 heavy (non-hydrogen) atoms. The molecule has 0 heterocycles. The van der Waals surface area contributed by atoms with Gasteiger partial charge in [0.15, 0.2) is 0 Å². The first kappa shape index (κ1) is 38.6. The van der Waals surface area contributed by atoms with Crippen LogP contribution in [0.4, 0.5) is 0 Å². The van der Waals surface area contributed by atoms with Crippen molar-refractivity contribution in [3.8, 4) is 0 Å². The molecule has 0 saturated heterocycles. The maximum atomic E-state index is 12.3. The quantitative estimate of drug-likeness (QED) is 0.0543. The van der Waals surface area contributed by atoms with Crippen LogP contribution in [0.5, 0.6) is 0 Å². The zero-order valence-electron chi connectivity index (χ0n) is 26.2. The van der Waals surface area contributed by atoms with E-state index in [1.165, 1.54) is 89.9 Å². The van der Waals surface area contributed by atoms with Crippen LogP contribution in [0.15, 0.2) is 36.5 Å². The monoisotopic (exact) mass is 563 g/mol. The number of nitrogens with one attached hydrogen (secondary N) is 1. The lowest BCUT2D eigenvalue weighted by molar-refractivity contribution is -0.131. The average molecular weight is 564 g/mol. The Balaban J connectivity index is 3.89. The highest BCUT2D eigenvalue weighted by Crippen LogP contribution is 2.13. The van der Waals surface area contributed by atoms with Crippen molar-refractivity contribution in [2.45, 2.75) is 173 Å². The van der Waals surface area contributed by atoms with Crippen molar-refractivity contribution in [1.82, 2.24) is 5.32 Å². The molecule has 0 spiro atoms. The van der Waals surface area contributed by atoms with E-state index in [1.54, 1.807) is 6.08 Å². The first-order valence-electron chi connectivity index (χ1n) is 16.8. The van der Waals surface area contributed by atoms with E-state index in [9.17, 15) is 20.1 Å². The minimum absolute atomic E-state index is 0.380. The van der Waals surface area contributed by atoms with E-state index in [-0.39, 0.29) is 6.61 Å². The molecular weight excluding hydrogens is 498 g/mol. The number of hydrogen-bond acceptors (Lipinski definition) is 4. The van der Waals surface area contributed by atoms with Gasteiger partial charge >= 0.3 is 0 Å². The molecule has 0 aliphatic carbocycles. The van der Waals surface area contributed by atoms with Crippen molar-refractivity contribution in [3.05, 3.63) is 36.5 Å². The Morgan fingerprint density at radius 2 is 1.02 bits per heavy atom. The number of amides is 1. The van der Waals surface area contributed by atoms with Crippen LogP contribution in [0, 0.1) is 0 Å². The van der Waals surface area contributed by atoms with Gasteiger partial charge in [-0.15, -0.1) is 0 Å². The van der Waals surface area contributed by atoms with E-state index in [2.05, 4.69) is 43.5 Å². The molecule has 0 radical (unpaired) electrons. The van der Waals surface area contributed by atoms with Crippen molar-refractivity contribution in [3.63, 3.8) is 0 Å². The molecule has 0 bridgehead atoms. The smallest absolute Gasteiger partial charge is 0.249 e. The molecule has 0 aliphatic rings. The topological polar surface area (TPSA) is 89.8 Å². The van der Waals surface area contributed by atoms with Crippen LogP contribution in [0.25, 0.3) is 0 Å². The third kappa shape index (κ3) is 25.5. The van der Waals surface area contributed by atoms with Crippen LogP contribution in [0.2, 0.25) is 0 Å². The van der Waals surface area contributed by atoms with Gasteiger partial charge in [0.2, 0.25) is 5.91 Å². The number of aliphatic hydroxyl groups is 3. The third-order valence-corrected chi connectivity index (χ3v) is 7.46. The van der Waals surface area contributed by atoms with Crippen LogP contribution in [-0.4, -0.2) is 46.1 Å². The molecule has 5 heteroatoms. The van der Waals surface area contributed by atoms with Gasteiger partial charge in [0, 0.05) is 0 Å². The third-order valence-electron chi connectivity index (χ3n) is 7.46. The molecule has 0 aliphatic heterocycles. The average Bonchev–Trinajstić information content (AvgIpc) is 2.96. The first-order valence-corrected chi connectivity index (χ1v) is 16.8. The Labute approximate surface area is 247 Å². The number of unbranched alkanes of at least 4 members (excludes halogenated alkanes) is 17. The van der Waals surface area contributed by atoms with Crippen molar-refractivity contribution in [2.24, 2.45) is 0 Å². The Hall–Kier alpha value is -1.43. The van der Waals surface area contributed by atoms with Gasteiger partial charge in [-0.05, 0) is 44.9 Å². The zero-order chi connectivity index (χ0) is 29.5. The molecule has 3 atom stereocenters. The molecule has 4 N–H and O–H groups in total. The predicted octanol–water partition coefficient (Wildman–Crippen LogP) is 8.48. The number of rotatable bonds is 29. The predicted molar refractivity (Wildman–Crippen MR) is 171 cm³/mol. The molecule has 234 valence electrons. The van der Waals surface area contributed by atoms with Gasteiger partial charge in [-0.25, -0.2) is 0 Å². The van der Waals surface area contributed by atoms with Crippen molar-refractivity contribution in [1.29, 1.82) is 0 Å². The van der Waals surface area contributed by atoms with Gasteiger partial charge < -0.3 is 20.6 Å². The van der Waals surface area contributed by atoms with Gasteiger partial charge in [0.25, 0.3) is 0 Å². The number of carbonyl (C=O) groups is 1.